The van der Waals surface area contributed by atoms with E-state index in [2.05, 4.69) is 37.5 Å². The first-order valence-electron chi connectivity index (χ1n) is 12.7. The van der Waals surface area contributed by atoms with Gasteiger partial charge in [-0.2, -0.15) is 0 Å². The third-order valence-electron chi connectivity index (χ3n) is 7.89. The van der Waals surface area contributed by atoms with Crippen LogP contribution >= 0.6 is 0 Å². The van der Waals surface area contributed by atoms with Gasteiger partial charge >= 0.3 is 6.03 Å². The molecule has 0 aromatic heterocycles. The summed E-state index contributed by atoms with van der Waals surface area (Å²) in [5, 5.41) is 5.72. The molecule has 2 amide bonds. The lowest BCUT2D eigenvalue weighted by molar-refractivity contribution is -0.0114. The molecule has 4 fully saturated rings. The summed E-state index contributed by atoms with van der Waals surface area (Å²) >= 11 is 0. The van der Waals surface area contributed by atoms with Crippen molar-refractivity contribution in [2.24, 2.45) is 11.8 Å². The van der Waals surface area contributed by atoms with Crippen molar-refractivity contribution in [3.8, 4) is 5.75 Å². The summed E-state index contributed by atoms with van der Waals surface area (Å²) in [6, 6.07) is 14.4. The van der Waals surface area contributed by atoms with E-state index in [1.165, 1.54) is 24.2 Å². The van der Waals surface area contributed by atoms with Crippen molar-refractivity contribution in [3.63, 3.8) is 0 Å². The number of piperazine rings is 1. The smallest absolute Gasteiger partial charge is 0.319 e. The van der Waals surface area contributed by atoms with Crippen LogP contribution in [0.2, 0.25) is 0 Å². The van der Waals surface area contributed by atoms with E-state index in [-0.39, 0.29) is 11.8 Å². The molecule has 8 heteroatoms. The van der Waals surface area contributed by atoms with Gasteiger partial charge in [-0.15, -0.1) is 0 Å². The number of para-hydroxylation sites is 2. The summed E-state index contributed by atoms with van der Waals surface area (Å²) in [7, 11) is 1.74. The van der Waals surface area contributed by atoms with E-state index in [1.807, 2.05) is 12.1 Å². The Morgan fingerprint density at radius 3 is 2.66 bits per heavy atom. The van der Waals surface area contributed by atoms with Crippen LogP contribution in [0.25, 0.3) is 0 Å². The second kappa shape index (κ2) is 10.8. The first-order chi connectivity index (χ1) is 17.1. The number of amides is 2. The van der Waals surface area contributed by atoms with E-state index in [0.29, 0.717) is 30.1 Å². The lowest BCUT2D eigenvalue weighted by atomic mass is 9.75. The van der Waals surface area contributed by atoms with Crippen LogP contribution in [0.4, 0.5) is 20.6 Å². The number of urea groups is 1. The minimum absolute atomic E-state index is 0.275. The number of piperidine rings is 3. The zero-order valence-electron chi connectivity index (χ0n) is 20.5. The van der Waals surface area contributed by atoms with Gasteiger partial charge in [0.1, 0.15) is 11.6 Å². The molecule has 2 N–H and O–H groups in total. The molecule has 0 saturated carbocycles. The second-order valence-corrected chi connectivity index (χ2v) is 10.00. The molecule has 4 heterocycles. The molecule has 188 valence electrons. The van der Waals surface area contributed by atoms with Crippen LogP contribution in [0, 0.1) is 17.7 Å². The van der Waals surface area contributed by atoms with Crippen molar-refractivity contribution in [1.29, 1.82) is 0 Å². The minimum atomic E-state index is -0.356. The molecule has 4 aliphatic heterocycles. The van der Waals surface area contributed by atoms with Gasteiger partial charge in [-0.05, 0) is 61.6 Å². The number of hydrogen-bond acceptors (Lipinski definition) is 5. The number of carbonyl (C=O) groups excluding carboxylic acids is 1. The van der Waals surface area contributed by atoms with Gasteiger partial charge in [0.2, 0.25) is 0 Å². The van der Waals surface area contributed by atoms with E-state index >= 15 is 0 Å². The Hall–Kier alpha value is -2.84. The summed E-state index contributed by atoms with van der Waals surface area (Å²) in [4.78, 5) is 19.9. The standard InChI is InChI=1S/C27H36FN5O2/c1-35-26-8-3-2-7-25(26)32-13-11-31(12-14-32)18-21-19-33-10-9-20(21)15-24(33)17-29-27(34)30-23-6-4-5-22(28)16-23/h2-8,16,20-21,24H,9-15,17-19H2,1H3,(H2,29,30,34). The predicted octanol–water partition coefficient (Wildman–Crippen LogP) is 3.49. The Labute approximate surface area is 207 Å². The van der Waals surface area contributed by atoms with Crippen molar-refractivity contribution < 1.29 is 13.9 Å². The van der Waals surface area contributed by atoms with Crippen LogP contribution < -0.4 is 20.3 Å². The molecule has 7 nitrogen and oxygen atoms in total. The molecule has 4 saturated heterocycles. The van der Waals surface area contributed by atoms with Gasteiger partial charge in [-0.25, -0.2) is 9.18 Å². The molecule has 4 unspecified atom stereocenters. The zero-order chi connectivity index (χ0) is 24.2. The molecule has 0 aliphatic carbocycles. The van der Waals surface area contributed by atoms with Crippen molar-refractivity contribution in [2.75, 3.05) is 69.7 Å². The number of nitrogens with one attached hydrogen (secondary N) is 2. The van der Waals surface area contributed by atoms with Crippen molar-refractivity contribution in [2.45, 2.75) is 18.9 Å². The van der Waals surface area contributed by atoms with Gasteiger partial charge in [-0.3, -0.25) is 9.80 Å². The summed E-state index contributed by atoms with van der Waals surface area (Å²) in [6.07, 6.45) is 2.38. The van der Waals surface area contributed by atoms with Crippen LogP contribution in [0.3, 0.4) is 0 Å². The minimum Gasteiger partial charge on any atom is -0.495 e. The highest BCUT2D eigenvalue weighted by Crippen LogP contribution is 2.37. The van der Waals surface area contributed by atoms with E-state index in [4.69, 9.17) is 4.74 Å². The fraction of sp³-hybridized carbons (Fsp3) is 0.519. The normalized spacial score (nSPS) is 26.4. The highest BCUT2D eigenvalue weighted by atomic mass is 19.1. The van der Waals surface area contributed by atoms with Gasteiger partial charge in [-0.1, -0.05) is 18.2 Å². The van der Waals surface area contributed by atoms with Crippen molar-refractivity contribution in [3.05, 3.63) is 54.3 Å². The Morgan fingerprint density at radius 1 is 1.09 bits per heavy atom. The SMILES string of the molecule is COc1ccccc1N1CCN(CC2CN3CCC2CC3CNC(=O)Nc2cccc(F)c2)CC1. The average Bonchev–Trinajstić information content (AvgIpc) is 2.88. The maximum absolute atomic E-state index is 13.3. The summed E-state index contributed by atoms with van der Waals surface area (Å²) in [5.74, 6) is 2.00. The highest BCUT2D eigenvalue weighted by molar-refractivity contribution is 5.89. The molecule has 0 radical (unpaired) electrons. The Bertz CT molecular complexity index is 1010. The van der Waals surface area contributed by atoms with Crippen molar-refractivity contribution >= 4 is 17.4 Å². The van der Waals surface area contributed by atoms with Gasteiger partial charge in [0.25, 0.3) is 0 Å². The monoisotopic (exact) mass is 481 g/mol. The topological polar surface area (TPSA) is 60.1 Å². The first kappa shape index (κ1) is 23.9. The fourth-order valence-electron chi connectivity index (χ4n) is 6.01. The molecule has 0 spiro atoms. The number of anilines is 2. The largest absolute Gasteiger partial charge is 0.495 e. The predicted molar refractivity (Wildman–Crippen MR) is 137 cm³/mol. The molecule has 2 bridgehead atoms. The quantitative estimate of drug-likeness (QED) is 0.634. The number of benzene rings is 2. The van der Waals surface area contributed by atoms with Gasteiger partial charge in [0.05, 0.1) is 12.8 Å². The lowest BCUT2D eigenvalue weighted by Crippen LogP contribution is -2.59. The maximum Gasteiger partial charge on any atom is 0.319 e. The van der Waals surface area contributed by atoms with E-state index in [0.717, 1.165) is 58.0 Å². The number of rotatable bonds is 7. The number of halogens is 1. The van der Waals surface area contributed by atoms with Gasteiger partial charge in [0, 0.05) is 57.5 Å². The summed E-state index contributed by atoms with van der Waals surface area (Å²) < 4.78 is 18.9. The Balaban J connectivity index is 1.07. The Kier molecular flexibility index (Phi) is 7.39. The number of methoxy groups -OCH3 is 1. The molecular formula is C27H36FN5O2. The summed E-state index contributed by atoms with van der Waals surface area (Å²) in [5.41, 5.74) is 1.66. The molecule has 4 aliphatic rings. The number of hydrogen-bond donors (Lipinski definition) is 2. The third kappa shape index (κ3) is 5.70. The van der Waals surface area contributed by atoms with E-state index < -0.39 is 0 Å². The number of carbonyl (C=O) groups is 1. The summed E-state index contributed by atoms with van der Waals surface area (Å²) in [6.45, 7) is 8.20. The maximum atomic E-state index is 13.3. The highest BCUT2D eigenvalue weighted by Gasteiger charge is 2.40. The van der Waals surface area contributed by atoms with Gasteiger partial charge in [0.15, 0.2) is 0 Å². The third-order valence-corrected chi connectivity index (χ3v) is 7.89. The fourth-order valence-corrected chi connectivity index (χ4v) is 6.01. The number of ether oxygens (including phenoxy) is 1. The second-order valence-electron chi connectivity index (χ2n) is 10.00. The molecule has 2 aromatic carbocycles. The van der Waals surface area contributed by atoms with Crippen LogP contribution in [-0.4, -0.2) is 81.3 Å². The van der Waals surface area contributed by atoms with Crippen LogP contribution in [0.5, 0.6) is 5.75 Å². The molecular weight excluding hydrogens is 445 g/mol. The van der Waals surface area contributed by atoms with E-state index in [1.54, 1.807) is 19.2 Å². The lowest BCUT2D eigenvalue weighted by Gasteiger charge is -2.51. The zero-order valence-corrected chi connectivity index (χ0v) is 20.5. The molecule has 4 atom stereocenters. The molecule has 2 aromatic rings. The van der Waals surface area contributed by atoms with Crippen LogP contribution in [0.15, 0.2) is 48.5 Å². The Morgan fingerprint density at radius 2 is 1.91 bits per heavy atom. The van der Waals surface area contributed by atoms with E-state index in [9.17, 15) is 9.18 Å². The molecule has 6 rings (SSSR count). The van der Waals surface area contributed by atoms with Gasteiger partial charge < -0.3 is 20.3 Å². The number of nitrogens with zero attached hydrogens (tertiary/aromatic N) is 3. The van der Waals surface area contributed by atoms with Crippen molar-refractivity contribution in [1.82, 2.24) is 15.1 Å². The average molecular weight is 482 g/mol. The molecule has 35 heavy (non-hydrogen) atoms. The number of fused-ring (bicyclic) bond motifs is 3. The van der Waals surface area contributed by atoms with Crippen LogP contribution in [-0.2, 0) is 0 Å². The van der Waals surface area contributed by atoms with Crippen LogP contribution in [0.1, 0.15) is 12.8 Å². The first-order valence-corrected chi connectivity index (χ1v) is 12.7.